The fraction of sp³-hybridized carbons (Fsp3) is 0.348. The molecule has 0 radical (unpaired) electrons. The topological polar surface area (TPSA) is 55.2 Å². The molecule has 1 unspecified atom stereocenters. The summed E-state index contributed by atoms with van der Waals surface area (Å²) in [5.74, 6) is 0.652. The van der Waals surface area contributed by atoms with E-state index in [1.54, 1.807) is 16.8 Å². The van der Waals surface area contributed by atoms with Crippen LogP contribution in [0.4, 0.5) is 0 Å². The zero-order valence-electron chi connectivity index (χ0n) is 16.1. The lowest BCUT2D eigenvalue weighted by Gasteiger charge is -2.47. The number of piperidine rings is 1. The van der Waals surface area contributed by atoms with Crippen LogP contribution in [0.25, 0.3) is 11.3 Å². The second-order valence-corrected chi connectivity index (χ2v) is 8.94. The van der Waals surface area contributed by atoms with Crippen LogP contribution in [0.3, 0.4) is 0 Å². The van der Waals surface area contributed by atoms with Crippen LogP contribution in [-0.2, 0) is 0 Å². The monoisotopic (exact) mass is 405 g/mol. The number of amides is 1. The standard InChI is InChI=1S/C23H23N3O2S/c27-21-12-11-19(16-6-2-1-3-7-16)24-26(21)22-17-8-4-9-18(22)15-25(14-17)23(28)20-10-5-13-29-20/h1-3,5-7,10-13,17-18,22H,4,8-9,14-15H2/t17-,18+,22?. The van der Waals surface area contributed by atoms with Crippen LogP contribution >= 0.6 is 11.3 Å². The number of likely N-dealkylation sites (tertiary alicyclic amines) is 1. The molecule has 1 aliphatic carbocycles. The van der Waals surface area contributed by atoms with Gasteiger partial charge in [0.2, 0.25) is 0 Å². The summed E-state index contributed by atoms with van der Waals surface area (Å²) in [6, 6.07) is 17.3. The zero-order valence-corrected chi connectivity index (χ0v) is 16.9. The number of carbonyl (C=O) groups excluding carboxylic acids is 1. The lowest BCUT2D eigenvalue weighted by Crippen LogP contribution is -2.53. The summed E-state index contributed by atoms with van der Waals surface area (Å²) >= 11 is 1.49. The molecule has 0 N–H and O–H groups in total. The van der Waals surface area contributed by atoms with Crippen molar-refractivity contribution in [2.45, 2.75) is 25.3 Å². The minimum absolute atomic E-state index is 0.0513. The van der Waals surface area contributed by atoms with E-state index in [0.717, 1.165) is 35.4 Å². The van der Waals surface area contributed by atoms with E-state index in [1.807, 2.05) is 52.7 Å². The van der Waals surface area contributed by atoms with E-state index in [2.05, 4.69) is 0 Å². The van der Waals surface area contributed by atoms with Crippen LogP contribution < -0.4 is 5.56 Å². The van der Waals surface area contributed by atoms with Gasteiger partial charge in [-0.05, 0) is 42.2 Å². The highest BCUT2D eigenvalue weighted by atomic mass is 32.1. The van der Waals surface area contributed by atoms with E-state index in [-0.39, 0.29) is 29.3 Å². The number of thiophene rings is 1. The Morgan fingerprint density at radius 3 is 2.41 bits per heavy atom. The van der Waals surface area contributed by atoms with Crippen LogP contribution in [0.5, 0.6) is 0 Å². The number of hydrogen-bond acceptors (Lipinski definition) is 4. The fourth-order valence-corrected chi connectivity index (χ4v) is 5.62. The second-order valence-electron chi connectivity index (χ2n) is 8.00. The maximum Gasteiger partial charge on any atom is 0.267 e. The molecule has 3 heterocycles. The average Bonchev–Trinajstić information content (AvgIpc) is 3.28. The van der Waals surface area contributed by atoms with Gasteiger partial charge in [0.05, 0.1) is 16.6 Å². The van der Waals surface area contributed by atoms with E-state index < -0.39 is 0 Å². The Morgan fingerprint density at radius 2 is 1.72 bits per heavy atom. The summed E-state index contributed by atoms with van der Waals surface area (Å²) in [6.45, 7) is 1.39. The van der Waals surface area contributed by atoms with Gasteiger partial charge in [0.15, 0.2) is 0 Å². The summed E-state index contributed by atoms with van der Waals surface area (Å²) in [6.07, 6.45) is 3.21. The molecule has 3 atom stereocenters. The molecule has 5 nitrogen and oxygen atoms in total. The Kier molecular flexibility index (Phi) is 4.79. The van der Waals surface area contributed by atoms with Gasteiger partial charge < -0.3 is 4.90 Å². The molecule has 2 aliphatic rings. The molecule has 2 bridgehead atoms. The largest absolute Gasteiger partial charge is 0.337 e. The van der Waals surface area contributed by atoms with Crippen molar-refractivity contribution in [3.63, 3.8) is 0 Å². The van der Waals surface area contributed by atoms with Crippen molar-refractivity contribution >= 4 is 17.2 Å². The Morgan fingerprint density at radius 1 is 0.966 bits per heavy atom. The Hall–Kier alpha value is -2.73. The van der Waals surface area contributed by atoms with Gasteiger partial charge in [0, 0.05) is 24.7 Å². The third kappa shape index (κ3) is 3.42. The number of rotatable bonds is 3. The maximum absolute atomic E-state index is 12.9. The molecule has 1 saturated heterocycles. The number of aromatic nitrogens is 2. The van der Waals surface area contributed by atoms with Crippen molar-refractivity contribution in [1.29, 1.82) is 0 Å². The predicted octanol–water partition coefficient (Wildman–Crippen LogP) is 4.09. The predicted molar refractivity (Wildman–Crippen MR) is 114 cm³/mol. The van der Waals surface area contributed by atoms with Crippen molar-refractivity contribution in [3.8, 4) is 11.3 Å². The lowest BCUT2D eigenvalue weighted by molar-refractivity contribution is 0.0199. The molecule has 1 aromatic carbocycles. The fourth-order valence-electron chi connectivity index (χ4n) is 4.93. The summed E-state index contributed by atoms with van der Waals surface area (Å²) in [7, 11) is 0. The van der Waals surface area contributed by atoms with Crippen LogP contribution in [-0.4, -0.2) is 33.7 Å². The third-order valence-electron chi connectivity index (χ3n) is 6.22. The van der Waals surface area contributed by atoms with Crippen molar-refractivity contribution in [2.24, 2.45) is 11.8 Å². The number of benzene rings is 1. The molecule has 1 saturated carbocycles. The molecule has 1 aliphatic heterocycles. The zero-order chi connectivity index (χ0) is 19.8. The molecular weight excluding hydrogens is 382 g/mol. The van der Waals surface area contributed by atoms with Crippen molar-refractivity contribution < 1.29 is 4.79 Å². The number of fused-ring (bicyclic) bond motifs is 2. The van der Waals surface area contributed by atoms with Crippen molar-refractivity contribution in [1.82, 2.24) is 14.7 Å². The quantitative estimate of drug-likeness (QED) is 0.660. The van der Waals surface area contributed by atoms with E-state index >= 15 is 0 Å². The highest BCUT2D eigenvalue weighted by Crippen LogP contribution is 2.42. The highest BCUT2D eigenvalue weighted by Gasteiger charge is 2.43. The summed E-state index contributed by atoms with van der Waals surface area (Å²) in [4.78, 5) is 28.4. The summed E-state index contributed by atoms with van der Waals surface area (Å²) in [5.41, 5.74) is 1.78. The molecule has 2 fully saturated rings. The molecule has 3 aromatic rings. The molecule has 2 aromatic heterocycles. The minimum atomic E-state index is -0.0513. The Bertz CT molecular complexity index is 1050. The van der Waals surface area contributed by atoms with Gasteiger partial charge in [-0.1, -0.05) is 42.8 Å². The van der Waals surface area contributed by atoms with Gasteiger partial charge in [-0.3, -0.25) is 9.59 Å². The molecule has 148 valence electrons. The van der Waals surface area contributed by atoms with E-state index in [0.29, 0.717) is 13.1 Å². The first-order valence-electron chi connectivity index (χ1n) is 10.2. The second kappa shape index (κ2) is 7.59. The molecule has 0 spiro atoms. The van der Waals surface area contributed by atoms with E-state index in [9.17, 15) is 9.59 Å². The molecular formula is C23H23N3O2S. The lowest BCUT2D eigenvalue weighted by atomic mass is 9.73. The smallest absolute Gasteiger partial charge is 0.267 e. The Labute approximate surface area is 173 Å². The first-order chi connectivity index (χ1) is 14.2. The maximum atomic E-state index is 12.9. The Balaban J connectivity index is 1.46. The molecule has 6 heteroatoms. The third-order valence-corrected chi connectivity index (χ3v) is 7.08. The number of hydrogen-bond donors (Lipinski definition) is 0. The van der Waals surface area contributed by atoms with Crippen molar-refractivity contribution in [3.05, 3.63) is 75.2 Å². The number of nitrogens with zero attached hydrogens (tertiary/aromatic N) is 3. The van der Waals surface area contributed by atoms with E-state index in [4.69, 9.17) is 5.10 Å². The van der Waals surface area contributed by atoms with Gasteiger partial charge >= 0.3 is 0 Å². The van der Waals surface area contributed by atoms with Crippen LogP contribution in [0.15, 0.2) is 64.8 Å². The van der Waals surface area contributed by atoms with Crippen molar-refractivity contribution in [2.75, 3.05) is 13.1 Å². The van der Waals surface area contributed by atoms with Gasteiger partial charge in [-0.25, -0.2) is 4.68 Å². The van der Waals surface area contributed by atoms with Gasteiger partial charge in [-0.15, -0.1) is 11.3 Å². The first kappa shape index (κ1) is 18.3. The van der Waals surface area contributed by atoms with Gasteiger partial charge in [-0.2, -0.15) is 5.10 Å². The SMILES string of the molecule is O=C(c1cccs1)N1C[C@H]2CCC[C@@H](C1)C2n1nc(-c2ccccc2)ccc1=O. The van der Waals surface area contributed by atoms with E-state index in [1.165, 1.54) is 11.3 Å². The molecule has 1 amide bonds. The van der Waals surface area contributed by atoms with Crippen LogP contribution in [0.1, 0.15) is 35.0 Å². The normalized spacial score (nSPS) is 23.7. The summed E-state index contributed by atoms with van der Waals surface area (Å²) < 4.78 is 1.71. The van der Waals surface area contributed by atoms with Gasteiger partial charge in [0.1, 0.15) is 0 Å². The number of carbonyl (C=O) groups is 1. The van der Waals surface area contributed by atoms with Crippen LogP contribution in [0, 0.1) is 11.8 Å². The highest BCUT2D eigenvalue weighted by molar-refractivity contribution is 7.12. The van der Waals surface area contributed by atoms with Gasteiger partial charge in [0.25, 0.3) is 11.5 Å². The first-order valence-corrected chi connectivity index (χ1v) is 11.1. The minimum Gasteiger partial charge on any atom is -0.337 e. The molecule has 29 heavy (non-hydrogen) atoms. The van der Waals surface area contributed by atoms with Crippen LogP contribution in [0.2, 0.25) is 0 Å². The molecule has 5 rings (SSSR count). The summed E-state index contributed by atoms with van der Waals surface area (Å²) in [5, 5.41) is 6.72. The average molecular weight is 406 g/mol.